The lowest BCUT2D eigenvalue weighted by Crippen LogP contribution is -2.54. The molecule has 44 heavy (non-hydrogen) atoms. The molecule has 2 aliphatic rings. The molecular formula is C32H45N5O6Si. The Morgan fingerprint density at radius 3 is 2.45 bits per heavy atom. The Hall–Kier alpha value is -3.61. The summed E-state index contributed by atoms with van der Waals surface area (Å²) in [6, 6.07) is 8.91. The molecule has 0 saturated carbocycles. The molecule has 238 valence electrons. The minimum Gasteiger partial charge on any atom is -0.479 e. The summed E-state index contributed by atoms with van der Waals surface area (Å²) in [6.07, 6.45) is 0. The fourth-order valence-corrected chi connectivity index (χ4v) is 10.0. The fourth-order valence-electron chi connectivity index (χ4n) is 6.12. The number of hydrogen-bond acceptors (Lipinski definition) is 10. The first kappa shape index (κ1) is 31.8. The van der Waals surface area contributed by atoms with Crippen LogP contribution in [0.1, 0.15) is 42.5 Å². The van der Waals surface area contributed by atoms with Gasteiger partial charge >= 0.3 is 0 Å². The normalized spacial score (nSPS) is 19.1. The lowest BCUT2D eigenvalue weighted by Gasteiger charge is -2.46. The van der Waals surface area contributed by atoms with E-state index in [-0.39, 0.29) is 34.6 Å². The average Bonchev–Trinajstić information content (AvgIpc) is 3.46. The molecule has 1 atom stereocenters. The van der Waals surface area contributed by atoms with Gasteiger partial charge in [-0.25, -0.2) is 0 Å². The predicted octanol–water partition coefficient (Wildman–Crippen LogP) is 5.03. The maximum atomic E-state index is 13.2. The molecule has 0 bridgehead atoms. The number of carbonyl (C=O) groups excluding carboxylic acids is 1. The van der Waals surface area contributed by atoms with Gasteiger partial charge in [0.15, 0.2) is 11.4 Å². The number of furan rings is 1. The van der Waals surface area contributed by atoms with Crippen LogP contribution in [0.5, 0.6) is 23.5 Å². The van der Waals surface area contributed by atoms with E-state index in [1.54, 1.807) is 12.1 Å². The number of amides is 1. The van der Waals surface area contributed by atoms with Gasteiger partial charge in [0.1, 0.15) is 5.75 Å². The number of fused-ring (bicyclic) bond motifs is 1. The number of hydrogen-bond donors (Lipinski definition) is 2. The van der Waals surface area contributed by atoms with Gasteiger partial charge in [-0.2, -0.15) is 9.97 Å². The van der Waals surface area contributed by atoms with Crippen LogP contribution >= 0.6 is 0 Å². The zero-order valence-corrected chi connectivity index (χ0v) is 28.1. The molecule has 0 aliphatic carbocycles. The van der Waals surface area contributed by atoms with Gasteiger partial charge in [0.25, 0.3) is 11.9 Å². The zero-order valence-electron chi connectivity index (χ0n) is 27.1. The quantitative estimate of drug-likeness (QED) is 0.298. The van der Waals surface area contributed by atoms with E-state index in [1.165, 1.54) is 31.0 Å². The lowest BCUT2D eigenvalue weighted by molar-refractivity contribution is 0.0398. The minimum atomic E-state index is -1.65. The van der Waals surface area contributed by atoms with Gasteiger partial charge in [0, 0.05) is 32.2 Å². The van der Waals surface area contributed by atoms with Crippen LogP contribution in [0.3, 0.4) is 0 Å². The second-order valence-electron chi connectivity index (χ2n) is 12.9. The minimum absolute atomic E-state index is 0.0668. The first-order valence-corrected chi connectivity index (χ1v) is 18.4. The van der Waals surface area contributed by atoms with Crippen molar-refractivity contribution in [1.29, 1.82) is 0 Å². The number of aromatic nitrogens is 2. The van der Waals surface area contributed by atoms with Gasteiger partial charge < -0.3 is 34.0 Å². The number of morpholine rings is 1. The third-order valence-electron chi connectivity index (χ3n) is 9.09. The average molecular weight is 624 g/mol. The number of methoxy groups -OCH3 is 2. The second kappa shape index (κ2) is 12.8. The molecule has 2 aromatic heterocycles. The van der Waals surface area contributed by atoms with Crippen molar-refractivity contribution in [3.8, 4) is 23.5 Å². The topological polar surface area (TPSA) is 120 Å². The monoisotopic (exact) mass is 623 g/mol. The summed E-state index contributed by atoms with van der Waals surface area (Å²) < 4.78 is 28.4. The smallest absolute Gasteiger partial charge is 0.291 e. The maximum Gasteiger partial charge on any atom is 0.291 e. The molecule has 2 N–H and O–H groups in total. The van der Waals surface area contributed by atoms with E-state index in [0.29, 0.717) is 18.4 Å². The first-order valence-electron chi connectivity index (χ1n) is 15.2. The summed E-state index contributed by atoms with van der Waals surface area (Å²) >= 11 is 0. The summed E-state index contributed by atoms with van der Waals surface area (Å²) in [4.78, 5) is 24.4. The SMILES string of the molecule is COc1nc(NCCN2CCOCC2)nc(OC)c1NC(=O)c1ccc(Oc2cc3c(cc2C)C(C)(C)C(C)C[Si]3(C)C)o1. The van der Waals surface area contributed by atoms with Gasteiger partial charge in [-0.1, -0.05) is 51.2 Å². The van der Waals surface area contributed by atoms with Crippen LogP contribution in [0, 0.1) is 12.8 Å². The summed E-state index contributed by atoms with van der Waals surface area (Å²) in [5.74, 6) is 1.80. The highest BCUT2D eigenvalue weighted by Gasteiger charge is 2.43. The molecule has 4 heterocycles. The van der Waals surface area contributed by atoms with Crippen LogP contribution in [0.15, 0.2) is 28.7 Å². The van der Waals surface area contributed by atoms with Gasteiger partial charge in [0.2, 0.25) is 17.7 Å². The van der Waals surface area contributed by atoms with Crippen LogP contribution in [0.25, 0.3) is 0 Å². The Kier molecular flexibility index (Phi) is 9.24. The highest BCUT2D eigenvalue weighted by Crippen LogP contribution is 2.43. The Bertz CT molecular complexity index is 1480. The molecule has 1 aromatic carbocycles. The molecule has 1 amide bonds. The number of rotatable bonds is 10. The number of benzene rings is 1. The van der Waals surface area contributed by atoms with Crippen molar-refractivity contribution in [2.75, 3.05) is 64.2 Å². The zero-order chi connectivity index (χ0) is 31.6. The number of nitrogens with zero attached hydrogens (tertiary/aromatic N) is 3. The molecule has 1 saturated heterocycles. The summed E-state index contributed by atoms with van der Waals surface area (Å²) in [7, 11) is 1.30. The Labute approximate surface area is 260 Å². The molecule has 0 radical (unpaired) electrons. The van der Waals surface area contributed by atoms with E-state index in [2.05, 4.69) is 78.4 Å². The number of carbonyl (C=O) groups is 1. The number of anilines is 2. The molecule has 1 unspecified atom stereocenters. The largest absolute Gasteiger partial charge is 0.479 e. The lowest BCUT2D eigenvalue weighted by atomic mass is 9.74. The number of aryl methyl sites for hydroxylation is 1. The van der Waals surface area contributed by atoms with Gasteiger partial charge in [0.05, 0.1) is 35.5 Å². The molecule has 0 spiro atoms. The third-order valence-corrected chi connectivity index (χ3v) is 12.6. The summed E-state index contributed by atoms with van der Waals surface area (Å²) in [5, 5.41) is 7.40. The van der Waals surface area contributed by atoms with Crippen LogP contribution < -0.4 is 30.0 Å². The van der Waals surface area contributed by atoms with Crippen molar-refractivity contribution in [1.82, 2.24) is 14.9 Å². The van der Waals surface area contributed by atoms with Gasteiger partial charge in [-0.3, -0.25) is 9.69 Å². The van der Waals surface area contributed by atoms with E-state index in [0.717, 1.165) is 44.2 Å². The Balaban J connectivity index is 1.29. The van der Waals surface area contributed by atoms with Crippen molar-refractivity contribution in [3.05, 3.63) is 41.2 Å². The van der Waals surface area contributed by atoms with E-state index >= 15 is 0 Å². The highest BCUT2D eigenvalue weighted by molar-refractivity contribution is 6.90. The number of ether oxygens (including phenoxy) is 4. The van der Waals surface area contributed by atoms with E-state index in [9.17, 15) is 4.79 Å². The third kappa shape index (κ3) is 6.57. The molecule has 1 fully saturated rings. The van der Waals surface area contributed by atoms with Crippen molar-refractivity contribution in [2.45, 2.75) is 52.2 Å². The van der Waals surface area contributed by atoms with E-state index in [1.807, 2.05) is 0 Å². The Morgan fingerprint density at radius 2 is 1.80 bits per heavy atom. The van der Waals surface area contributed by atoms with Crippen molar-refractivity contribution in [3.63, 3.8) is 0 Å². The van der Waals surface area contributed by atoms with Crippen LogP contribution in [0.4, 0.5) is 11.6 Å². The standard InChI is InChI=1S/C32H45N5O6Si/c1-20-17-22-25(44(7,8)19-21(2)32(22,3)4)18-24(20)43-26-10-9-23(42-26)28(38)34-27-29(39-5)35-31(36-30(27)40-6)33-11-12-37-13-15-41-16-14-37/h9-10,17-18,21H,11-16,19H2,1-8H3,(H,34,38)(H,33,35,36). The molecule has 11 nitrogen and oxygen atoms in total. The molecule has 12 heteroatoms. The van der Waals surface area contributed by atoms with Crippen molar-refractivity contribution in [2.24, 2.45) is 5.92 Å². The van der Waals surface area contributed by atoms with Crippen molar-refractivity contribution < 1.29 is 28.2 Å². The van der Waals surface area contributed by atoms with Crippen LogP contribution in [-0.4, -0.2) is 82.5 Å². The molecule has 2 aliphatic heterocycles. The Morgan fingerprint density at radius 1 is 1.11 bits per heavy atom. The van der Waals surface area contributed by atoms with Crippen LogP contribution in [0.2, 0.25) is 19.1 Å². The molecule has 5 rings (SSSR count). The number of nitrogens with one attached hydrogen (secondary N) is 2. The summed E-state index contributed by atoms with van der Waals surface area (Å²) in [6.45, 7) is 18.6. The second-order valence-corrected chi connectivity index (χ2v) is 17.6. The van der Waals surface area contributed by atoms with Gasteiger partial charge in [-0.15, -0.1) is 0 Å². The fraction of sp³-hybridized carbons (Fsp3) is 0.531. The van der Waals surface area contributed by atoms with E-state index < -0.39 is 14.0 Å². The molecule has 3 aromatic rings. The highest BCUT2D eigenvalue weighted by atomic mass is 28.3. The first-order chi connectivity index (χ1) is 20.9. The maximum absolute atomic E-state index is 13.2. The van der Waals surface area contributed by atoms with E-state index in [4.69, 9.17) is 23.4 Å². The predicted molar refractivity (Wildman–Crippen MR) is 173 cm³/mol. The summed E-state index contributed by atoms with van der Waals surface area (Å²) in [5.41, 5.74) is 2.75. The van der Waals surface area contributed by atoms with Crippen LogP contribution in [-0.2, 0) is 10.2 Å². The molecular weight excluding hydrogens is 578 g/mol. The van der Waals surface area contributed by atoms with Gasteiger partial charge in [-0.05, 0) is 41.5 Å². The van der Waals surface area contributed by atoms with Crippen molar-refractivity contribution >= 4 is 30.8 Å².